The molecule has 0 saturated carbocycles. The van der Waals surface area contributed by atoms with Crippen LogP contribution in [0.25, 0.3) is 0 Å². The van der Waals surface area contributed by atoms with Crippen LogP contribution >= 0.6 is 0 Å². The van der Waals surface area contributed by atoms with Crippen LogP contribution in [0.3, 0.4) is 0 Å². The number of hydrogen-bond acceptors (Lipinski definition) is 4. The second-order valence-corrected chi connectivity index (χ2v) is 4.69. The van der Waals surface area contributed by atoms with Crippen LogP contribution < -0.4 is 11.3 Å². The molecule has 1 saturated heterocycles. The molecule has 0 radical (unpaired) electrons. The maximum Gasteiger partial charge on any atom is 0.267 e. The van der Waals surface area contributed by atoms with E-state index in [2.05, 4.69) is 5.43 Å². The Morgan fingerprint density at radius 2 is 2.05 bits per heavy atom. The van der Waals surface area contributed by atoms with Crippen LogP contribution in [0.1, 0.15) is 24.5 Å². The molecule has 1 fully saturated rings. The molecule has 1 heterocycles. The van der Waals surface area contributed by atoms with Gasteiger partial charge in [0.1, 0.15) is 0 Å². The molecule has 2 rings (SSSR count). The molecule has 3 N–H and O–H groups in total. The van der Waals surface area contributed by atoms with E-state index in [1.165, 1.54) is 0 Å². The molecule has 5 nitrogen and oxygen atoms in total. The molecular formula is C14H20N2O3. The van der Waals surface area contributed by atoms with Gasteiger partial charge >= 0.3 is 0 Å². The third kappa shape index (κ3) is 4.02. The first-order chi connectivity index (χ1) is 9.31. The van der Waals surface area contributed by atoms with E-state index in [-0.39, 0.29) is 5.91 Å². The lowest BCUT2D eigenvalue weighted by atomic mass is 10.0. The Labute approximate surface area is 113 Å². The minimum absolute atomic E-state index is 0.321. The Morgan fingerprint density at radius 3 is 2.68 bits per heavy atom. The van der Waals surface area contributed by atoms with Crippen molar-refractivity contribution in [2.75, 3.05) is 19.8 Å². The smallest absolute Gasteiger partial charge is 0.267 e. The lowest BCUT2D eigenvalue weighted by molar-refractivity contribution is -0.135. The third-order valence-corrected chi connectivity index (χ3v) is 3.32. The SMILES string of the molecule is NNC(=O)C(OCC1CCOCC1)c1ccccc1. The molecule has 1 aliphatic rings. The fourth-order valence-corrected chi connectivity index (χ4v) is 2.17. The lowest BCUT2D eigenvalue weighted by Crippen LogP contribution is -2.36. The van der Waals surface area contributed by atoms with E-state index in [4.69, 9.17) is 15.3 Å². The molecule has 0 bridgehead atoms. The summed E-state index contributed by atoms with van der Waals surface area (Å²) in [4.78, 5) is 11.8. The van der Waals surface area contributed by atoms with Crippen molar-refractivity contribution in [3.8, 4) is 0 Å². The van der Waals surface area contributed by atoms with Gasteiger partial charge in [0.05, 0.1) is 6.61 Å². The lowest BCUT2D eigenvalue weighted by Gasteiger charge is -2.24. The van der Waals surface area contributed by atoms with Gasteiger partial charge in [-0.15, -0.1) is 0 Å². The van der Waals surface area contributed by atoms with Crippen molar-refractivity contribution in [2.45, 2.75) is 18.9 Å². The van der Waals surface area contributed by atoms with Crippen LogP contribution in [0.5, 0.6) is 0 Å². The predicted molar refractivity (Wildman–Crippen MR) is 71.0 cm³/mol. The zero-order valence-corrected chi connectivity index (χ0v) is 10.9. The maximum absolute atomic E-state index is 11.8. The average molecular weight is 264 g/mol. The first kappa shape index (κ1) is 14.0. The molecule has 1 unspecified atom stereocenters. The average Bonchev–Trinajstić information content (AvgIpc) is 2.49. The van der Waals surface area contributed by atoms with Gasteiger partial charge in [-0.05, 0) is 24.3 Å². The van der Waals surface area contributed by atoms with E-state index in [1.54, 1.807) is 0 Å². The second kappa shape index (κ2) is 7.23. The van der Waals surface area contributed by atoms with Crippen LogP contribution in [0, 0.1) is 5.92 Å². The monoisotopic (exact) mass is 264 g/mol. The number of carbonyl (C=O) groups is 1. The number of amides is 1. The number of nitrogens with one attached hydrogen (secondary N) is 1. The molecule has 1 aromatic rings. The van der Waals surface area contributed by atoms with Gasteiger partial charge < -0.3 is 9.47 Å². The Bertz CT molecular complexity index is 391. The van der Waals surface area contributed by atoms with Crippen LogP contribution in [0.4, 0.5) is 0 Å². The largest absolute Gasteiger partial charge is 0.381 e. The first-order valence-electron chi connectivity index (χ1n) is 6.56. The van der Waals surface area contributed by atoms with Crippen molar-refractivity contribution < 1.29 is 14.3 Å². The van der Waals surface area contributed by atoms with Crippen LogP contribution in [0.2, 0.25) is 0 Å². The molecule has 5 heteroatoms. The molecule has 104 valence electrons. The van der Waals surface area contributed by atoms with Gasteiger partial charge in [-0.1, -0.05) is 30.3 Å². The molecular weight excluding hydrogens is 244 g/mol. The van der Waals surface area contributed by atoms with Crippen molar-refractivity contribution in [3.63, 3.8) is 0 Å². The third-order valence-electron chi connectivity index (χ3n) is 3.32. The van der Waals surface area contributed by atoms with Gasteiger partial charge in [0.2, 0.25) is 0 Å². The molecule has 1 aliphatic heterocycles. The number of nitrogens with two attached hydrogens (primary N) is 1. The summed E-state index contributed by atoms with van der Waals surface area (Å²) in [7, 11) is 0. The molecule has 1 atom stereocenters. The predicted octanol–water partition coefficient (Wildman–Crippen LogP) is 1.16. The molecule has 1 amide bonds. The topological polar surface area (TPSA) is 73.6 Å². The highest BCUT2D eigenvalue weighted by Crippen LogP contribution is 2.21. The van der Waals surface area contributed by atoms with Crippen molar-refractivity contribution in [2.24, 2.45) is 11.8 Å². The Kier molecular flexibility index (Phi) is 5.32. The number of hydrogen-bond donors (Lipinski definition) is 2. The zero-order valence-electron chi connectivity index (χ0n) is 10.9. The normalized spacial score (nSPS) is 17.9. The van der Waals surface area contributed by atoms with E-state index in [0.717, 1.165) is 31.6 Å². The summed E-state index contributed by atoms with van der Waals surface area (Å²) < 4.78 is 11.1. The highest BCUT2D eigenvalue weighted by atomic mass is 16.5. The number of carbonyl (C=O) groups excluding carboxylic acids is 1. The Balaban J connectivity index is 1.96. The molecule has 19 heavy (non-hydrogen) atoms. The Morgan fingerprint density at radius 1 is 1.37 bits per heavy atom. The van der Waals surface area contributed by atoms with Crippen LogP contribution in [-0.4, -0.2) is 25.7 Å². The molecule has 1 aromatic carbocycles. The first-order valence-corrected chi connectivity index (χ1v) is 6.56. The highest BCUT2D eigenvalue weighted by molar-refractivity contribution is 5.81. The number of benzene rings is 1. The number of rotatable bonds is 5. The summed E-state index contributed by atoms with van der Waals surface area (Å²) in [5, 5.41) is 0. The molecule has 0 aromatic heterocycles. The van der Waals surface area contributed by atoms with Gasteiger partial charge in [-0.25, -0.2) is 5.84 Å². The van der Waals surface area contributed by atoms with E-state index in [0.29, 0.717) is 12.5 Å². The quantitative estimate of drug-likeness (QED) is 0.475. The summed E-state index contributed by atoms with van der Waals surface area (Å²) in [6.45, 7) is 2.09. The number of hydrazine groups is 1. The highest BCUT2D eigenvalue weighted by Gasteiger charge is 2.23. The number of ether oxygens (including phenoxy) is 2. The van der Waals surface area contributed by atoms with E-state index in [9.17, 15) is 4.79 Å². The van der Waals surface area contributed by atoms with E-state index >= 15 is 0 Å². The van der Waals surface area contributed by atoms with Crippen LogP contribution in [0.15, 0.2) is 30.3 Å². The maximum atomic E-state index is 11.8. The Hall–Kier alpha value is -1.43. The fourth-order valence-electron chi connectivity index (χ4n) is 2.17. The van der Waals surface area contributed by atoms with E-state index in [1.807, 2.05) is 30.3 Å². The minimum atomic E-state index is -0.644. The summed E-state index contributed by atoms with van der Waals surface area (Å²) in [5.74, 6) is 5.35. The summed E-state index contributed by atoms with van der Waals surface area (Å²) >= 11 is 0. The van der Waals surface area contributed by atoms with E-state index < -0.39 is 6.10 Å². The zero-order chi connectivity index (χ0) is 13.5. The molecule has 0 spiro atoms. The summed E-state index contributed by atoms with van der Waals surface area (Å²) in [5.41, 5.74) is 2.98. The van der Waals surface area contributed by atoms with Crippen molar-refractivity contribution in [1.29, 1.82) is 0 Å². The van der Waals surface area contributed by atoms with Gasteiger partial charge in [0.15, 0.2) is 6.10 Å². The van der Waals surface area contributed by atoms with Crippen molar-refractivity contribution in [3.05, 3.63) is 35.9 Å². The summed E-state index contributed by atoms with van der Waals surface area (Å²) in [6, 6.07) is 9.39. The van der Waals surface area contributed by atoms with Gasteiger partial charge in [0.25, 0.3) is 5.91 Å². The van der Waals surface area contributed by atoms with Crippen molar-refractivity contribution >= 4 is 5.91 Å². The minimum Gasteiger partial charge on any atom is -0.381 e. The van der Waals surface area contributed by atoms with Crippen LogP contribution in [-0.2, 0) is 14.3 Å². The fraction of sp³-hybridized carbons (Fsp3) is 0.500. The molecule has 0 aliphatic carbocycles. The standard InChI is InChI=1S/C14H20N2O3/c15-16-14(17)13(12-4-2-1-3-5-12)19-10-11-6-8-18-9-7-11/h1-5,11,13H,6-10,15H2,(H,16,17). The summed E-state index contributed by atoms with van der Waals surface area (Å²) in [6.07, 6.45) is 1.31. The van der Waals surface area contributed by atoms with Gasteiger partial charge in [0, 0.05) is 13.2 Å². The second-order valence-electron chi connectivity index (χ2n) is 4.69. The van der Waals surface area contributed by atoms with Gasteiger partial charge in [-0.3, -0.25) is 10.2 Å². The van der Waals surface area contributed by atoms with Crippen molar-refractivity contribution in [1.82, 2.24) is 5.43 Å². The van der Waals surface area contributed by atoms with Gasteiger partial charge in [-0.2, -0.15) is 0 Å².